The van der Waals surface area contributed by atoms with Crippen LogP contribution in [0, 0.1) is 0 Å². The van der Waals surface area contributed by atoms with Crippen molar-refractivity contribution in [1.82, 2.24) is 9.78 Å². The molecule has 7 nitrogen and oxygen atoms in total. The average Bonchev–Trinajstić information content (AvgIpc) is 3.14. The van der Waals surface area contributed by atoms with Gasteiger partial charge in [0.25, 0.3) is 5.91 Å². The van der Waals surface area contributed by atoms with Crippen molar-refractivity contribution < 1.29 is 14.3 Å². The van der Waals surface area contributed by atoms with E-state index in [-0.39, 0.29) is 18.4 Å². The van der Waals surface area contributed by atoms with E-state index in [9.17, 15) is 9.59 Å². The molecule has 0 aliphatic rings. The molecule has 0 radical (unpaired) electrons. The molecule has 0 bridgehead atoms. The van der Waals surface area contributed by atoms with E-state index in [0.29, 0.717) is 28.5 Å². The molecule has 1 aromatic heterocycles. The molecule has 0 aliphatic heterocycles. The highest BCUT2D eigenvalue weighted by molar-refractivity contribution is 6.34. The Bertz CT molecular complexity index is 973. The van der Waals surface area contributed by atoms with E-state index in [1.54, 1.807) is 29.1 Å². The fourth-order valence-electron chi connectivity index (χ4n) is 2.55. The lowest BCUT2D eigenvalue weighted by atomic mass is 10.2. The molecule has 0 aliphatic carbocycles. The van der Waals surface area contributed by atoms with Crippen LogP contribution in [0.2, 0.25) is 5.02 Å². The van der Waals surface area contributed by atoms with Crippen LogP contribution in [0.5, 0.6) is 0 Å². The lowest BCUT2D eigenvalue weighted by molar-refractivity contribution is -0.119. The Morgan fingerprint density at radius 3 is 2.64 bits per heavy atom. The summed E-state index contributed by atoms with van der Waals surface area (Å²) in [6, 6.07) is 14.7. The molecule has 8 heteroatoms. The van der Waals surface area contributed by atoms with E-state index in [4.69, 9.17) is 16.3 Å². The van der Waals surface area contributed by atoms with Gasteiger partial charge in [-0.05, 0) is 23.8 Å². The number of nitrogens with one attached hydrogen (secondary N) is 2. The minimum Gasteiger partial charge on any atom is -0.375 e. The Hall–Kier alpha value is -3.16. The van der Waals surface area contributed by atoms with E-state index in [1.807, 2.05) is 30.3 Å². The first kappa shape index (κ1) is 19.6. The van der Waals surface area contributed by atoms with E-state index in [1.165, 1.54) is 13.3 Å². The number of hydrogen-bond donors (Lipinski definition) is 2. The first-order valence-corrected chi connectivity index (χ1v) is 8.89. The maximum Gasteiger partial charge on any atom is 0.258 e. The Kier molecular flexibility index (Phi) is 6.41. The number of carbonyl (C=O) groups is 2. The van der Waals surface area contributed by atoms with Gasteiger partial charge in [0.15, 0.2) is 0 Å². The molecule has 0 saturated carbocycles. The second kappa shape index (κ2) is 9.16. The molecule has 0 saturated heterocycles. The third-order valence-corrected chi connectivity index (χ3v) is 4.17. The van der Waals surface area contributed by atoms with Crippen LogP contribution in [0.4, 0.5) is 11.4 Å². The summed E-state index contributed by atoms with van der Waals surface area (Å²) in [5.74, 6) is -0.612. The van der Waals surface area contributed by atoms with E-state index < -0.39 is 0 Å². The Morgan fingerprint density at radius 1 is 1.14 bits per heavy atom. The Labute approximate surface area is 167 Å². The molecule has 28 heavy (non-hydrogen) atoms. The van der Waals surface area contributed by atoms with E-state index in [2.05, 4.69) is 15.7 Å². The molecule has 3 rings (SSSR count). The number of benzene rings is 2. The van der Waals surface area contributed by atoms with Crippen molar-refractivity contribution in [2.24, 2.45) is 0 Å². The van der Waals surface area contributed by atoms with Crippen LogP contribution in [-0.4, -0.2) is 35.3 Å². The number of anilines is 2. The molecule has 1 heterocycles. The van der Waals surface area contributed by atoms with Crippen LogP contribution in [-0.2, 0) is 16.1 Å². The Morgan fingerprint density at radius 2 is 1.93 bits per heavy atom. The summed E-state index contributed by atoms with van der Waals surface area (Å²) in [7, 11) is 1.43. The van der Waals surface area contributed by atoms with Crippen molar-refractivity contribution in [2.45, 2.75) is 6.54 Å². The summed E-state index contributed by atoms with van der Waals surface area (Å²) in [6.45, 7) is 0.512. The van der Waals surface area contributed by atoms with Gasteiger partial charge in [0, 0.05) is 19.0 Å². The van der Waals surface area contributed by atoms with E-state index in [0.717, 1.165) is 5.56 Å². The number of hydrogen-bond acceptors (Lipinski definition) is 4. The molecule has 0 spiro atoms. The van der Waals surface area contributed by atoms with Gasteiger partial charge < -0.3 is 15.4 Å². The molecule has 0 atom stereocenters. The third kappa shape index (κ3) is 5.18. The van der Waals surface area contributed by atoms with Crippen LogP contribution in [0.3, 0.4) is 0 Å². The highest BCUT2D eigenvalue weighted by Crippen LogP contribution is 2.25. The third-order valence-electron chi connectivity index (χ3n) is 3.86. The standard InChI is InChI=1S/C20H19ClN4O3/c1-28-13-19(26)24-18-8-7-16(9-17(18)21)23-20(27)15-10-22-25(12-15)11-14-5-3-2-4-6-14/h2-10,12H,11,13H2,1H3,(H,23,27)(H,24,26). The zero-order chi connectivity index (χ0) is 19.9. The van der Waals surface area contributed by atoms with Crippen molar-refractivity contribution >= 4 is 34.8 Å². The van der Waals surface area contributed by atoms with Gasteiger partial charge in [0.2, 0.25) is 5.91 Å². The zero-order valence-electron chi connectivity index (χ0n) is 15.2. The quantitative estimate of drug-likeness (QED) is 0.638. The number of ether oxygens (including phenoxy) is 1. The van der Waals surface area contributed by atoms with Crippen LogP contribution in [0.15, 0.2) is 60.9 Å². The van der Waals surface area contributed by atoms with Crippen LogP contribution >= 0.6 is 11.6 Å². The average molecular weight is 399 g/mol. The lowest BCUT2D eigenvalue weighted by Gasteiger charge is -2.09. The highest BCUT2D eigenvalue weighted by Gasteiger charge is 2.11. The van der Waals surface area contributed by atoms with Gasteiger partial charge in [-0.1, -0.05) is 41.9 Å². The number of halogens is 1. The molecule has 0 fully saturated rings. The Balaban J connectivity index is 1.63. The number of methoxy groups -OCH3 is 1. The summed E-state index contributed by atoms with van der Waals surface area (Å²) in [5.41, 5.74) is 2.48. The fraction of sp³-hybridized carbons (Fsp3) is 0.150. The number of rotatable bonds is 7. The van der Waals surface area contributed by atoms with Gasteiger partial charge in [0.05, 0.1) is 29.0 Å². The summed E-state index contributed by atoms with van der Waals surface area (Å²) in [6.07, 6.45) is 3.20. The predicted molar refractivity (Wildman–Crippen MR) is 108 cm³/mol. The van der Waals surface area contributed by atoms with Gasteiger partial charge in [-0.3, -0.25) is 14.3 Å². The van der Waals surface area contributed by atoms with Gasteiger partial charge in [0.1, 0.15) is 6.61 Å². The minimum atomic E-state index is -0.313. The van der Waals surface area contributed by atoms with Crippen molar-refractivity contribution in [2.75, 3.05) is 24.4 Å². The highest BCUT2D eigenvalue weighted by atomic mass is 35.5. The molecule has 2 aromatic carbocycles. The van der Waals surface area contributed by atoms with Crippen molar-refractivity contribution in [3.05, 3.63) is 77.1 Å². The smallest absolute Gasteiger partial charge is 0.258 e. The molecule has 2 amide bonds. The first-order valence-electron chi connectivity index (χ1n) is 8.51. The first-order chi connectivity index (χ1) is 13.5. The lowest BCUT2D eigenvalue weighted by Crippen LogP contribution is -2.17. The second-order valence-electron chi connectivity index (χ2n) is 6.04. The van der Waals surface area contributed by atoms with Gasteiger partial charge >= 0.3 is 0 Å². The van der Waals surface area contributed by atoms with Crippen LogP contribution in [0.25, 0.3) is 0 Å². The molecule has 3 aromatic rings. The fourth-order valence-corrected chi connectivity index (χ4v) is 2.78. The van der Waals surface area contributed by atoms with Crippen molar-refractivity contribution in [3.63, 3.8) is 0 Å². The monoisotopic (exact) mass is 398 g/mol. The van der Waals surface area contributed by atoms with Crippen LogP contribution < -0.4 is 10.6 Å². The minimum absolute atomic E-state index is 0.0677. The number of aromatic nitrogens is 2. The maximum absolute atomic E-state index is 12.4. The zero-order valence-corrected chi connectivity index (χ0v) is 15.9. The molecule has 2 N–H and O–H groups in total. The van der Waals surface area contributed by atoms with Crippen LogP contribution in [0.1, 0.15) is 15.9 Å². The van der Waals surface area contributed by atoms with Crippen molar-refractivity contribution in [3.8, 4) is 0 Å². The molecule has 0 unspecified atom stereocenters. The SMILES string of the molecule is COCC(=O)Nc1ccc(NC(=O)c2cnn(Cc3ccccc3)c2)cc1Cl. The van der Waals surface area contributed by atoms with Gasteiger partial charge in [-0.15, -0.1) is 0 Å². The number of amides is 2. The van der Waals surface area contributed by atoms with Gasteiger partial charge in [-0.2, -0.15) is 5.10 Å². The summed E-state index contributed by atoms with van der Waals surface area (Å²) in [5, 5.41) is 9.93. The summed E-state index contributed by atoms with van der Waals surface area (Å²) < 4.78 is 6.46. The topological polar surface area (TPSA) is 85.2 Å². The number of nitrogens with zero attached hydrogens (tertiary/aromatic N) is 2. The second-order valence-corrected chi connectivity index (χ2v) is 6.45. The molecule has 144 valence electrons. The van der Waals surface area contributed by atoms with Gasteiger partial charge in [-0.25, -0.2) is 0 Å². The summed E-state index contributed by atoms with van der Waals surface area (Å²) in [4.78, 5) is 24.0. The largest absolute Gasteiger partial charge is 0.375 e. The molecular weight excluding hydrogens is 380 g/mol. The predicted octanol–water partition coefficient (Wildman–Crippen LogP) is 3.42. The van der Waals surface area contributed by atoms with Crippen molar-refractivity contribution in [1.29, 1.82) is 0 Å². The molecular formula is C20H19ClN4O3. The summed E-state index contributed by atoms with van der Waals surface area (Å²) >= 11 is 6.17. The van der Waals surface area contributed by atoms with E-state index >= 15 is 0 Å². The number of carbonyl (C=O) groups excluding carboxylic acids is 2. The maximum atomic E-state index is 12.4. The normalized spacial score (nSPS) is 10.5.